The fourth-order valence-electron chi connectivity index (χ4n) is 4.56. The first kappa shape index (κ1) is 22.9. The van der Waals surface area contributed by atoms with Gasteiger partial charge in [0.15, 0.2) is 4.34 Å². The average molecular weight is 496 g/mol. The van der Waals surface area contributed by atoms with E-state index in [0.29, 0.717) is 18.8 Å². The minimum Gasteiger partial charge on any atom is -0.492 e. The number of thiazole rings is 1. The number of fused-ring (bicyclic) bond motifs is 2. The molecule has 7 nitrogen and oxygen atoms in total. The number of amides is 3. The molecule has 34 heavy (non-hydrogen) atoms. The van der Waals surface area contributed by atoms with Crippen LogP contribution in [-0.4, -0.2) is 41.6 Å². The van der Waals surface area contributed by atoms with Gasteiger partial charge in [0.1, 0.15) is 12.4 Å². The summed E-state index contributed by atoms with van der Waals surface area (Å²) < 4.78 is 7.24. The molecule has 3 amide bonds. The smallest absolute Gasteiger partial charge is 0.237 e. The van der Waals surface area contributed by atoms with E-state index in [2.05, 4.69) is 10.3 Å². The molecule has 1 aliphatic carbocycles. The molecular weight excluding hydrogens is 470 g/mol. The summed E-state index contributed by atoms with van der Waals surface area (Å²) in [6.45, 7) is 0.831. The number of ether oxygens (including phenoxy) is 1. The maximum absolute atomic E-state index is 12.9. The molecule has 2 fully saturated rings. The Kier molecular flexibility index (Phi) is 6.82. The zero-order valence-electron chi connectivity index (χ0n) is 18.6. The number of hydrogen-bond acceptors (Lipinski definition) is 7. The van der Waals surface area contributed by atoms with Crippen molar-refractivity contribution in [2.45, 2.75) is 30.0 Å². The number of carbonyl (C=O) groups is 3. The second kappa shape index (κ2) is 10.1. The highest BCUT2D eigenvalue weighted by molar-refractivity contribution is 8.01. The van der Waals surface area contributed by atoms with Gasteiger partial charge in [0, 0.05) is 0 Å². The predicted molar refractivity (Wildman–Crippen MR) is 133 cm³/mol. The van der Waals surface area contributed by atoms with E-state index in [4.69, 9.17) is 4.74 Å². The number of nitrogens with one attached hydrogen (secondary N) is 1. The number of carbonyl (C=O) groups excluding carboxylic acids is 3. The fraction of sp³-hybridized carbons (Fsp3) is 0.360. The topological polar surface area (TPSA) is 88.6 Å². The first-order valence-electron chi connectivity index (χ1n) is 11.5. The number of hydrogen-bond donors (Lipinski definition) is 1. The highest BCUT2D eigenvalue weighted by Gasteiger charge is 2.48. The molecule has 176 valence electrons. The van der Waals surface area contributed by atoms with Gasteiger partial charge >= 0.3 is 0 Å². The van der Waals surface area contributed by atoms with Crippen molar-refractivity contribution in [1.82, 2.24) is 10.3 Å². The van der Waals surface area contributed by atoms with Crippen LogP contribution in [0.15, 0.2) is 52.9 Å². The van der Waals surface area contributed by atoms with Crippen LogP contribution in [0.2, 0.25) is 0 Å². The minimum atomic E-state index is -0.166. The number of aromatic nitrogens is 1. The molecular formula is C25H25N3O4S2. The van der Waals surface area contributed by atoms with Crippen molar-refractivity contribution in [2.75, 3.05) is 23.8 Å². The highest BCUT2D eigenvalue weighted by Crippen LogP contribution is 2.41. The van der Waals surface area contributed by atoms with Crippen LogP contribution in [0, 0.1) is 11.8 Å². The number of rotatable bonds is 8. The van der Waals surface area contributed by atoms with Crippen LogP contribution in [0.4, 0.5) is 5.69 Å². The Bertz CT molecular complexity index is 1190. The average Bonchev–Trinajstić information content (AvgIpc) is 3.39. The Morgan fingerprint density at radius 3 is 2.56 bits per heavy atom. The zero-order chi connectivity index (χ0) is 23.5. The molecule has 1 N–H and O–H groups in total. The van der Waals surface area contributed by atoms with Crippen LogP contribution < -0.4 is 15.0 Å². The van der Waals surface area contributed by atoms with Crippen molar-refractivity contribution in [1.29, 1.82) is 0 Å². The zero-order valence-corrected chi connectivity index (χ0v) is 20.2. The molecule has 1 aliphatic heterocycles. The molecule has 9 heteroatoms. The van der Waals surface area contributed by atoms with Gasteiger partial charge in [-0.1, -0.05) is 42.8 Å². The molecule has 0 spiro atoms. The lowest BCUT2D eigenvalue weighted by atomic mass is 9.81. The summed E-state index contributed by atoms with van der Waals surface area (Å²) >= 11 is 2.83. The molecule has 1 saturated heterocycles. The van der Waals surface area contributed by atoms with Crippen molar-refractivity contribution in [3.8, 4) is 5.75 Å². The van der Waals surface area contributed by atoms with Crippen LogP contribution in [0.1, 0.15) is 25.7 Å². The van der Waals surface area contributed by atoms with E-state index in [-0.39, 0.29) is 35.3 Å². The monoisotopic (exact) mass is 495 g/mol. The van der Waals surface area contributed by atoms with Crippen LogP contribution in [0.25, 0.3) is 10.2 Å². The van der Waals surface area contributed by atoms with Crippen molar-refractivity contribution in [3.63, 3.8) is 0 Å². The number of anilines is 1. The first-order chi connectivity index (χ1) is 16.6. The summed E-state index contributed by atoms with van der Waals surface area (Å²) in [6.07, 6.45) is 3.62. The predicted octanol–water partition coefficient (Wildman–Crippen LogP) is 4.26. The van der Waals surface area contributed by atoms with E-state index in [9.17, 15) is 14.4 Å². The summed E-state index contributed by atoms with van der Waals surface area (Å²) in [4.78, 5) is 43.9. The molecule has 1 aromatic heterocycles. The second-order valence-corrected chi connectivity index (χ2v) is 10.7. The van der Waals surface area contributed by atoms with Gasteiger partial charge in [0.2, 0.25) is 17.7 Å². The molecule has 2 aliphatic rings. The first-order valence-corrected chi connectivity index (χ1v) is 13.3. The Balaban J connectivity index is 1.16. The number of benzene rings is 2. The Morgan fingerprint density at radius 2 is 1.82 bits per heavy atom. The van der Waals surface area contributed by atoms with Gasteiger partial charge in [0.25, 0.3) is 0 Å². The molecule has 2 aromatic carbocycles. The number of para-hydroxylation sites is 1. The van der Waals surface area contributed by atoms with Gasteiger partial charge in [-0.15, -0.1) is 11.3 Å². The van der Waals surface area contributed by atoms with Crippen molar-refractivity contribution < 1.29 is 19.1 Å². The van der Waals surface area contributed by atoms with E-state index in [1.54, 1.807) is 6.07 Å². The molecule has 2 atom stereocenters. The van der Waals surface area contributed by atoms with Gasteiger partial charge in [-0.2, -0.15) is 0 Å². The van der Waals surface area contributed by atoms with E-state index in [1.165, 1.54) is 28.0 Å². The van der Waals surface area contributed by atoms with E-state index >= 15 is 0 Å². The third-order valence-electron chi connectivity index (χ3n) is 6.21. The van der Waals surface area contributed by atoms with Gasteiger partial charge in [-0.05, 0) is 43.2 Å². The molecule has 3 aromatic rings. The summed E-state index contributed by atoms with van der Waals surface area (Å²) in [5, 5.41) is 2.85. The van der Waals surface area contributed by atoms with Crippen LogP contribution >= 0.6 is 23.1 Å². The SMILES string of the molecule is O=C(CSc1nc2ccc(N3C(=O)[C@H]4CCCC[C@H]4C3=O)cc2s1)NCCOc1ccccc1. The largest absolute Gasteiger partial charge is 0.492 e. The molecule has 2 heterocycles. The van der Waals surface area contributed by atoms with E-state index in [0.717, 1.165) is 46.0 Å². The van der Waals surface area contributed by atoms with Crippen molar-refractivity contribution in [3.05, 3.63) is 48.5 Å². The number of thioether (sulfide) groups is 1. The number of nitrogens with zero attached hydrogens (tertiary/aromatic N) is 2. The van der Waals surface area contributed by atoms with E-state index in [1.807, 2.05) is 42.5 Å². The summed E-state index contributed by atoms with van der Waals surface area (Å²) in [7, 11) is 0. The van der Waals surface area contributed by atoms with Gasteiger partial charge in [-0.25, -0.2) is 4.98 Å². The summed E-state index contributed by atoms with van der Waals surface area (Å²) in [5.74, 6) is 0.475. The summed E-state index contributed by atoms with van der Waals surface area (Å²) in [5.41, 5.74) is 1.41. The second-order valence-electron chi connectivity index (χ2n) is 8.44. The Hall–Kier alpha value is -2.91. The normalized spacial score (nSPS) is 19.9. The third kappa shape index (κ3) is 4.81. The lowest BCUT2D eigenvalue weighted by molar-refractivity contribution is -0.122. The molecule has 5 rings (SSSR count). The Labute approximate surface area is 205 Å². The quantitative estimate of drug-likeness (QED) is 0.285. The highest BCUT2D eigenvalue weighted by atomic mass is 32.2. The maximum atomic E-state index is 12.9. The standard InChI is InChI=1S/C25H25N3O4S2/c29-22(26-12-13-32-17-6-2-1-3-7-17)15-33-25-27-20-11-10-16(14-21(20)34-25)28-23(30)18-8-4-5-9-19(18)24(28)31/h1-3,6-7,10-11,14,18-19H,4-5,8-9,12-13,15H2,(H,26,29)/t18-,19+. The Morgan fingerprint density at radius 1 is 1.09 bits per heavy atom. The fourth-order valence-corrected chi connectivity index (χ4v) is 6.50. The van der Waals surface area contributed by atoms with Gasteiger partial charge in [-0.3, -0.25) is 19.3 Å². The van der Waals surface area contributed by atoms with Crippen molar-refractivity contribution in [2.24, 2.45) is 11.8 Å². The molecule has 0 radical (unpaired) electrons. The molecule has 0 bridgehead atoms. The maximum Gasteiger partial charge on any atom is 0.237 e. The lowest BCUT2D eigenvalue weighted by Crippen LogP contribution is -2.30. The van der Waals surface area contributed by atoms with Crippen molar-refractivity contribution >= 4 is 56.7 Å². The third-order valence-corrected chi connectivity index (χ3v) is 8.38. The molecule has 0 unspecified atom stereocenters. The van der Waals surface area contributed by atoms with Crippen LogP contribution in [0.5, 0.6) is 5.75 Å². The van der Waals surface area contributed by atoms with Gasteiger partial charge in [0.05, 0.1) is 40.0 Å². The lowest BCUT2D eigenvalue weighted by Gasteiger charge is -2.19. The summed E-state index contributed by atoms with van der Waals surface area (Å²) in [6, 6.07) is 15.0. The molecule has 1 saturated carbocycles. The van der Waals surface area contributed by atoms with Crippen LogP contribution in [0.3, 0.4) is 0 Å². The van der Waals surface area contributed by atoms with E-state index < -0.39 is 0 Å². The van der Waals surface area contributed by atoms with Crippen LogP contribution in [-0.2, 0) is 14.4 Å². The minimum absolute atomic E-state index is 0.0684. The van der Waals surface area contributed by atoms with Gasteiger partial charge < -0.3 is 10.1 Å². The number of imide groups is 1.